The van der Waals surface area contributed by atoms with Crippen molar-refractivity contribution in [1.29, 1.82) is 0 Å². The summed E-state index contributed by atoms with van der Waals surface area (Å²) in [7, 11) is 1.67. The number of hydrogen-bond donors (Lipinski definition) is 2. The normalized spacial score (nSPS) is 17.6. The van der Waals surface area contributed by atoms with Gasteiger partial charge in [0.2, 0.25) is 0 Å². The number of methoxy groups -OCH3 is 1. The summed E-state index contributed by atoms with van der Waals surface area (Å²) in [5.41, 5.74) is 7.92. The molecule has 3 N–H and O–H groups in total. The fourth-order valence-electron chi connectivity index (χ4n) is 2.06. The Labute approximate surface area is 93.8 Å². The highest BCUT2D eigenvalue weighted by Gasteiger charge is 2.45. The maximum Gasteiger partial charge on any atom is 0.121 e. The lowest BCUT2D eigenvalue weighted by atomic mass is 10.1. The minimum Gasteiger partial charge on any atom is -0.497 e. The van der Waals surface area contributed by atoms with E-state index in [1.54, 1.807) is 7.11 Å². The topological polar surface area (TPSA) is 63.9 Å². The predicted octanol–water partition coefficient (Wildman–Crippen LogP) is 1.56. The zero-order valence-electron chi connectivity index (χ0n) is 9.29. The van der Waals surface area contributed by atoms with Gasteiger partial charge >= 0.3 is 0 Å². The molecule has 1 aliphatic carbocycles. The van der Waals surface area contributed by atoms with E-state index in [-0.39, 0.29) is 5.41 Å². The lowest BCUT2D eigenvalue weighted by molar-refractivity contribution is 0.415. The third-order valence-corrected chi connectivity index (χ3v) is 3.44. The highest BCUT2D eigenvalue weighted by molar-refractivity contribution is 5.77. The average Bonchev–Trinajstić information content (AvgIpc) is 3.01. The molecule has 1 fully saturated rings. The number of rotatable bonds is 3. The second kappa shape index (κ2) is 3.22. The van der Waals surface area contributed by atoms with E-state index < -0.39 is 0 Å². The molecule has 0 bridgehead atoms. The zero-order chi connectivity index (χ0) is 11.2. The van der Waals surface area contributed by atoms with Crippen molar-refractivity contribution < 1.29 is 4.74 Å². The van der Waals surface area contributed by atoms with E-state index in [2.05, 4.69) is 9.97 Å². The molecule has 3 rings (SSSR count). The van der Waals surface area contributed by atoms with Gasteiger partial charge in [0, 0.05) is 18.0 Å². The second-order valence-electron chi connectivity index (χ2n) is 4.45. The Hall–Kier alpha value is -1.55. The molecule has 0 saturated heterocycles. The number of nitrogens with one attached hydrogen (secondary N) is 1. The van der Waals surface area contributed by atoms with Crippen LogP contribution >= 0.6 is 0 Å². The van der Waals surface area contributed by atoms with E-state index in [4.69, 9.17) is 10.5 Å². The largest absolute Gasteiger partial charge is 0.497 e. The van der Waals surface area contributed by atoms with Gasteiger partial charge in [-0.3, -0.25) is 0 Å². The van der Waals surface area contributed by atoms with Gasteiger partial charge in [0.25, 0.3) is 0 Å². The number of aromatic nitrogens is 2. The number of fused-ring (bicyclic) bond motifs is 1. The van der Waals surface area contributed by atoms with Gasteiger partial charge in [-0.2, -0.15) is 0 Å². The molecule has 0 atom stereocenters. The summed E-state index contributed by atoms with van der Waals surface area (Å²) < 4.78 is 5.19. The van der Waals surface area contributed by atoms with Crippen LogP contribution in [0.3, 0.4) is 0 Å². The van der Waals surface area contributed by atoms with Crippen LogP contribution in [-0.4, -0.2) is 23.6 Å². The van der Waals surface area contributed by atoms with Crippen molar-refractivity contribution in [2.45, 2.75) is 18.3 Å². The fourth-order valence-corrected chi connectivity index (χ4v) is 2.06. The highest BCUT2D eigenvalue weighted by atomic mass is 16.5. The molecule has 4 heteroatoms. The van der Waals surface area contributed by atoms with Crippen molar-refractivity contribution in [2.75, 3.05) is 13.7 Å². The fraction of sp³-hybridized carbons (Fsp3) is 0.417. The second-order valence-corrected chi connectivity index (χ2v) is 4.45. The molecule has 1 aromatic heterocycles. The number of aromatic amines is 1. The van der Waals surface area contributed by atoms with E-state index in [1.165, 1.54) is 0 Å². The molecule has 2 aromatic rings. The highest BCUT2D eigenvalue weighted by Crippen LogP contribution is 2.46. The summed E-state index contributed by atoms with van der Waals surface area (Å²) in [5.74, 6) is 1.87. The maximum atomic E-state index is 5.79. The summed E-state index contributed by atoms with van der Waals surface area (Å²) in [5, 5.41) is 0. The quantitative estimate of drug-likeness (QED) is 0.820. The van der Waals surface area contributed by atoms with Gasteiger partial charge in [0.05, 0.1) is 18.1 Å². The molecule has 0 amide bonds. The number of hydrogen-bond acceptors (Lipinski definition) is 3. The molecular formula is C12H15N3O. The SMILES string of the molecule is COc1ccc2nc(C3(CN)CC3)[nH]c2c1. The first-order valence-corrected chi connectivity index (χ1v) is 5.52. The molecule has 1 saturated carbocycles. The molecule has 4 nitrogen and oxygen atoms in total. The molecule has 84 valence electrons. The van der Waals surface area contributed by atoms with Crippen molar-refractivity contribution in [2.24, 2.45) is 5.73 Å². The van der Waals surface area contributed by atoms with Gasteiger partial charge in [-0.25, -0.2) is 4.98 Å². The lowest BCUT2D eigenvalue weighted by Gasteiger charge is -2.06. The van der Waals surface area contributed by atoms with E-state index in [0.717, 1.165) is 35.4 Å². The minimum atomic E-state index is 0.117. The first-order valence-electron chi connectivity index (χ1n) is 5.52. The molecule has 0 spiro atoms. The summed E-state index contributed by atoms with van der Waals surface area (Å²) in [4.78, 5) is 7.95. The van der Waals surface area contributed by atoms with E-state index in [1.807, 2.05) is 18.2 Å². The van der Waals surface area contributed by atoms with Gasteiger partial charge in [0.15, 0.2) is 0 Å². The van der Waals surface area contributed by atoms with Crippen molar-refractivity contribution in [3.8, 4) is 5.75 Å². The lowest BCUT2D eigenvalue weighted by Crippen LogP contribution is -2.20. The summed E-state index contributed by atoms with van der Waals surface area (Å²) >= 11 is 0. The van der Waals surface area contributed by atoms with Crippen molar-refractivity contribution in [3.63, 3.8) is 0 Å². The Kier molecular flexibility index (Phi) is 1.94. The number of benzene rings is 1. The van der Waals surface area contributed by atoms with Gasteiger partial charge in [-0.05, 0) is 25.0 Å². The summed E-state index contributed by atoms with van der Waals surface area (Å²) in [6.07, 6.45) is 2.28. The van der Waals surface area contributed by atoms with Crippen LogP contribution in [0.1, 0.15) is 18.7 Å². The van der Waals surface area contributed by atoms with Gasteiger partial charge in [-0.15, -0.1) is 0 Å². The van der Waals surface area contributed by atoms with E-state index >= 15 is 0 Å². The molecule has 0 aliphatic heterocycles. The number of nitrogens with zero attached hydrogens (tertiary/aromatic N) is 1. The standard InChI is InChI=1S/C12H15N3O/c1-16-8-2-3-9-10(6-8)15-11(14-9)12(7-13)4-5-12/h2-3,6H,4-5,7,13H2,1H3,(H,14,15). The van der Waals surface area contributed by atoms with Crippen LogP contribution in [0.25, 0.3) is 11.0 Å². The molecule has 1 aliphatic rings. The third-order valence-electron chi connectivity index (χ3n) is 3.44. The van der Waals surface area contributed by atoms with E-state index in [9.17, 15) is 0 Å². The molecule has 0 radical (unpaired) electrons. The number of H-pyrrole nitrogens is 1. The van der Waals surface area contributed by atoms with Crippen LogP contribution in [-0.2, 0) is 5.41 Å². The van der Waals surface area contributed by atoms with Gasteiger partial charge < -0.3 is 15.5 Å². The Morgan fingerprint density at radius 1 is 1.50 bits per heavy atom. The first-order chi connectivity index (χ1) is 7.77. The Balaban J connectivity index is 2.09. The van der Waals surface area contributed by atoms with Crippen LogP contribution < -0.4 is 10.5 Å². The molecule has 1 aromatic carbocycles. The van der Waals surface area contributed by atoms with Crippen molar-refractivity contribution >= 4 is 11.0 Å². The summed E-state index contributed by atoms with van der Waals surface area (Å²) in [6.45, 7) is 0.671. The number of ether oxygens (including phenoxy) is 1. The average molecular weight is 217 g/mol. The molecule has 0 unspecified atom stereocenters. The van der Waals surface area contributed by atoms with Crippen LogP contribution in [0.4, 0.5) is 0 Å². The van der Waals surface area contributed by atoms with Crippen LogP contribution in [0, 0.1) is 0 Å². The monoisotopic (exact) mass is 217 g/mol. The Morgan fingerprint density at radius 2 is 2.31 bits per heavy atom. The summed E-state index contributed by atoms with van der Waals surface area (Å²) in [6, 6.07) is 5.87. The molecular weight excluding hydrogens is 202 g/mol. The molecule has 1 heterocycles. The smallest absolute Gasteiger partial charge is 0.121 e. The van der Waals surface area contributed by atoms with Crippen LogP contribution in [0.5, 0.6) is 5.75 Å². The van der Waals surface area contributed by atoms with Crippen molar-refractivity contribution in [1.82, 2.24) is 9.97 Å². The van der Waals surface area contributed by atoms with Gasteiger partial charge in [-0.1, -0.05) is 0 Å². The maximum absolute atomic E-state index is 5.79. The van der Waals surface area contributed by atoms with Gasteiger partial charge in [0.1, 0.15) is 11.6 Å². The van der Waals surface area contributed by atoms with Crippen molar-refractivity contribution in [3.05, 3.63) is 24.0 Å². The minimum absolute atomic E-state index is 0.117. The predicted molar refractivity (Wildman–Crippen MR) is 62.6 cm³/mol. The first kappa shape index (κ1) is 9.66. The Morgan fingerprint density at radius 3 is 2.94 bits per heavy atom. The number of imidazole rings is 1. The van der Waals surface area contributed by atoms with Crippen LogP contribution in [0.15, 0.2) is 18.2 Å². The van der Waals surface area contributed by atoms with E-state index in [0.29, 0.717) is 6.54 Å². The van der Waals surface area contributed by atoms with Crippen LogP contribution in [0.2, 0.25) is 0 Å². The molecule has 16 heavy (non-hydrogen) atoms. The zero-order valence-corrected chi connectivity index (χ0v) is 9.29. The number of nitrogens with two attached hydrogens (primary N) is 1. The Bertz CT molecular complexity index is 528. The third kappa shape index (κ3) is 1.30.